The molecule has 0 saturated heterocycles. The van der Waals surface area contributed by atoms with Gasteiger partial charge in [-0.15, -0.1) is 0 Å². The van der Waals surface area contributed by atoms with Crippen LogP contribution < -0.4 is 10.6 Å². The monoisotopic (exact) mass is 322 g/mol. The summed E-state index contributed by atoms with van der Waals surface area (Å²) in [7, 11) is 0. The van der Waals surface area contributed by atoms with Crippen LogP contribution in [0.5, 0.6) is 0 Å². The molecule has 24 heavy (non-hydrogen) atoms. The van der Waals surface area contributed by atoms with Crippen molar-refractivity contribution in [1.29, 1.82) is 0 Å². The van der Waals surface area contributed by atoms with Crippen LogP contribution in [0.1, 0.15) is 32.6 Å². The van der Waals surface area contributed by atoms with Gasteiger partial charge in [-0.3, -0.25) is 4.79 Å². The predicted molar refractivity (Wildman–Crippen MR) is 99.9 cm³/mol. The second-order valence-electron chi connectivity index (χ2n) is 6.71. The standard InChI is InChI=1S/C21H26N2O/c1-16-9-5-7-13-19(16)22-15-21(24)23-20-14-8-6-12-18(20)17-10-3-2-4-11-17/h2-4,6,8,10-12,14,16,19,22H,5,7,9,13,15H2,1H3,(H,23,24)/t16-,19+/m0/s1. The molecule has 2 aromatic carbocycles. The Balaban J connectivity index is 1.62. The van der Waals surface area contributed by atoms with Gasteiger partial charge >= 0.3 is 0 Å². The van der Waals surface area contributed by atoms with Gasteiger partial charge in [0.1, 0.15) is 0 Å². The molecule has 3 rings (SSSR count). The lowest BCUT2D eigenvalue weighted by atomic mass is 9.86. The van der Waals surface area contributed by atoms with Gasteiger partial charge in [-0.1, -0.05) is 68.3 Å². The summed E-state index contributed by atoms with van der Waals surface area (Å²) in [5.41, 5.74) is 3.03. The molecule has 0 aromatic heterocycles. The van der Waals surface area contributed by atoms with E-state index in [0.717, 1.165) is 16.8 Å². The van der Waals surface area contributed by atoms with Crippen molar-refractivity contribution in [2.24, 2.45) is 5.92 Å². The lowest BCUT2D eigenvalue weighted by Gasteiger charge is -2.29. The Bertz CT molecular complexity index is 669. The highest BCUT2D eigenvalue weighted by atomic mass is 16.1. The van der Waals surface area contributed by atoms with E-state index < -0.39 is 0 Å². The molecule has 1 aliphatic carbocycles. The third-order valence-corrected chi connectivity index (χ3v) is 4.92. The van der Waals surface area contributed by atoms with Gasteiger partial charge in [-0.2, -0.15) is 0 Å². The maximum atomic E-state index is 12.4. The number of para-hydroxylation sites is 1. The van der Waals surface area contributed by atoms with Crippen LogP contribution in [-0.4, -0.2) is 18.5 Å². The number of rotatable bonds is 5. The molecular weight excluding hydrogens is 296 g/mol. The van der Waals surface area contributed by atoms with Crippen LogP contribution in [0.4, 0.5) is 5.69 Å². The number of hydrogen-bond donors (Lipinski definition) is 2. The summed E-state index contributed by atoms with van der Waals surface area (Å²) in [6.45, 7) is 2.65. The van der Waals surface area contributed by atoms with E-state index in [9.17, 15) is 4.79 Å². The summed E-state index contributed by atoms with van der Waals surface area (Å²) < 4.78 is 0. The van der Waals surface area contributed by atoms with E-state index in [2.05, 4.69) is 29.7 Å². The van der Waals surface area contributed by atoms with Crippen molar-refractivity contribution < 1.29 is 4.79 Å². The van der Waals surface area contributed by atoms with E-state index in [4.69, 9.17) is 0 Å². The molecule has 1 amide bonds. The minimum absolute atomic E-state index is 0.0242. The summed E-state index contributed by atoms with van der Waals surface area (Å²) >= 11 is 0. The van der Waals surface area contributed by atoms with Crippen molar-refractivity contribution in [2.75, 3.05) is 11.9 Å². The first-order valence-electron chi connectivity index (χ1n) is 8.92. The zero-order chi connectivity index (χ0) is 16.8. The molecule has 1 saturated carbocycles. The number of carbonyl (C=O) groups excluding carboxylic acids is 1. The second-order valence-corrected chi connectivity index (χ2v) is 6.71. The first-order chi connectivity index (χ1) is 11.7. The molecule has 1 fully saturated rings. The lowest BCUT2D eigenvalue weighted by molar-refractivity contribution is -0.115. The summed E-state index contributed by atoms with van der Waals surface area (Å²) in [4.78, 5) is 12.4. The van der Waals surface area contributed by atoms with Gasteiger partial charge in [0.25, 0.3) is 0 Å². The van der Waals surface area contributed by atoms with Gasteiger partial charge in [-0.25, -0.2) is 0 Å². The minimum Gasteiger partial charge on any atom is -0.324 e. The van der Waals surface area contributed by atoms with Crippen LogP contribution >= 0.6 is 0 Å². The van der Waals surface area contributed by atoms with Gasteiger partial charge in [0.2, 0.25) is 5.91 Å². The highest BCUT2D eigenvalue weighted by Gasteiger charge is 2.21. The summed E-state index contributed by atoms with van der Waals surface area (Å²) in [6.07, 6.45) is 5.02. The molecule has 0 spiro atoms. The van der Waals surface area contributed by atoms with Crippen molar-refractivity contribution in [1.82, 2.24) is 5.32 Å². The molecule has 0 heterocycles. The minimum atomic E-state index is 0.0242. The Labute approximate surface area is 144 Å². The Hall–Kier alpha value is -2.13. The molecular formula is C21H26N2O. The summed E-state index contributed by atoms with van der Waals surface area (Å²) in [6, 6.07) is 18.6. The Kier molecular flexibility index (Phi) is 5.65. The third kappa shape index (κ3) is 4.24. The highest BCUT2D eigenvalue weighted by molar-refractivity contribution is 5.96. The van der Waals surface area contributed by atoms with Gasteiger partial charge in [0, 0.05) is 17.3 Å². The first kappa shape index (κ1) is 16.7. The Morgan fingerprint density at radius 1 is 1.00 bits per heavy atom. The van der Waals surface area contributed by atoms with E-state index in [0.29, 0.717) is 18.5 Å². The lowest BCUT2D eigenvalue weighted by Crippen LogP contribution is -2.41. The zero-order valence-corrected chi connectivity index (χ0v) is 14.3. The summed E-state index contributed by atoms with van der Waals surface area (Å²) in [5.74, 6) is 0.680. The molecule has 0 bridgehead atoms. The third-order valence-electron chi connectivity index (χ3n) is 4.92. The topological polar surface area (TPSA) is 41.1 Å². The van der Waals surface area contributed by atoms with Crippen molar-refractivity contribution in [3.05, 3.63) is 54.6 Å². The van der Waals surface area contributed by atoms with Gasteiger partial charge < -0.3 is 10.6 Å². The van der Waals surface area contributed by atoms with E-state index in [1.807, 2.05) is 42.5 Å². The molecule has 2 N–H and O–H groups in total. The number of nitrogens with one attached hydrogen (secondary N) is 2. The van der Waals surface area contributed by atoms with Crippen molar-refractivity contribution in [3.8, 4) is 11.1 Å². The average Bonchev–Trinajstić information content (AvgIpc) is 2.62. The fourth-order valence-electron chi connectivity index (χ4n) is 3.50. The van der Waals surface area contributed by atoms with E-state index in [1.54, 1.807) is 0 Å². The number of hydrogen-bond acceptors (Lipinski definition) is 2. The zero-order valence-electron chi connectivity index (χ0n) is 14.3. The average molecular weight is 322 g/mol. The SMILES string of the molecule is C[C@H]1CCCC[C@H]1NCC(=O)Nc1ccccc1-c1ccccc1. The molecule has 3 nitrogen and oxygen atoms in total. The molecule has 2 aromatic rings. The van der Waals surface area contributed by atoms with E-state index >= 15 is 0 Å². The van der Waals surface area contributed by atoms with Gasteiger partial charge in [0.15, 0.2) is 0 Å². The van der Waals surface area contributed by atoms with Crippen molar-refractivity contribution in [3.63, 3.8) is 0 Å². The van der Waals surface area contributed by atoms with Crippen molar-refractivity contribution >= 4 is 11.6 Å². The van der Waals surface area contributed by atoms with Crippen LogP contribution in [0.25, 0.3) is 11.1 Å². The molecule has 0 aliphatic heterocycles. The number of carbonyl (C=O) groups is 1. The number of benzene rings is 2. The van der Waals surface area contributed by atoms with Crippen LogP contribution in [0, 0.1) is 5.92 Å². The molecule has 0 unspecified atom stereocenters. The van der Waals surface area contributed by atoms with Crippen LogP contribution in [0.2, 0.25) is 0 Å². The van der Waals surface area contributed by atoms with Crippen LogP contribution in [0.15, 0.2) is 54.6 Å². The summed E-state index contributed by atoms with van der Waals surface area (Å²) in [5, 5.41) is 6.50. The maximum absolute atomic E-state index is 12.4. The predicted octanol–water partition coefficient (Wildman–Crippen LogP) is 4.46. The fourth-order valence-corrected chi connectivity index (χ4v) is 3.50. The number of anilines is 1. The molecule has 2 atom stereocenters. The van der Waals surface area contributed by atoms with E-state index in [-0.39, 0.29) is 5.91 Å². The van der Waals surface area contributed by atoms with Gasteiger partial charge in [-0.05, 0) is 30.4 Å². The molecule has 3 heteroatoms. The van der Waals surface area contributed by atoms with Crippen molar-refractivity contribution in [2.45, 2.75) is 38.6 Å². The van der Waals surface area contributed by atoms with E-state index in [1.165, 1.54) is 25.7 Å². The maximum Gasteiger partial charge on any atom is 0.238 e. The second kappa shape index (κ2) is 8.11. The normalized spacial score (nSPS) is 20.5. The largest absolute Gasteiger partial charge is 0.324 e. The Morgan fingerprint density at radius 2 is 1.71 bits per heavy atom. The molecule has 0 radical (unpaired) electrons. The quantitative estimate of drug-likeness (QED) is 0.853. The Morgan fingerprint density at radius 3 is 2.50 bits per heavy atom. The van der Waals surface area contributed by atoms with Gasteiger partial charge in [0.05, 0.1) is 6.54 Å². The fraction of sp³-hybridized carbons (Fsp3) is 0.381. The van der Waals surface area contributed by atoms with Crippen LogP contribution in [-0.2, 0) is 4.79 Å². The first-order valence-corrected chi connectivity index (χ1v) is 8.92. The van der Waals surface area contributed by atoms with Crippen LogP contribution in [0.3, 0.4) is 0 Å². The molecule has 1 aliphatic rings. The highest BCUT2D eigenvalue weighted by Crippen LogP contribution is 2.27. The number of amides is 1. The molecule has 126 valence electrons. The smallest absolute Gasteiger partial charge is 0.238 e.